The summed E-state index contributed by atoms with van der Waals surface area (Å²) in [6.45, 7) is 3.49. The molecule has 1 atom stereocenters. The lowest BCUT2D eigenvalue weighted by Gasteiger charge is -2.23. The maximum Gasteiger partial charge on any atom is 0.272 e. The third-order valence-corrected chi connectivity index (χ3v) is 4.50. The first-order chi connectivity index (χ1) is 10.6. The number of rotatable bonds is 2. The lowest BCUT2D eigenvalue weighted by Crippen LogP contribution is -2.34. The van der Waals surface area contributed by atoms with Crippen LogP contribution in [-0.4, -0.2) is 63.3 Å². The highest BCUT2D eigenvalue weighted by molar-refractivity contribution is 5.94. The monoisotopic (exact) mass is 301 g/mol. The first-order valence-corrected chi connectivity index (χ1v) is 7.83. The molecule has 1 aliphatic rings. The van der Waals surface area contributed by atoms with Gasteiger partial charge in [0, 0.05) is 31.5 Å². The van der Waals surface area contributed by atoms with Gasteiger partial charge in [-0.1, -0.05) is 0 Å². The molecule has 1 unspecified atom stereocenters. The fourth-order valence-corrected chi connectivity index (χ4v) is 3.20. The molecule has 2 aromatic rings. The van der Waals surface area contributed by atoms with Gasteiger partial charge in [-0.2, -0.15) is 0 Å². The van der Waals surface area contributed by atoms with Crippen LogP contribution in [0.15, 0.2) is 18.5 Å². The van der Waals surface area contributed by atoms with Gasteiger partial charge in [-0.15, -0.1) is 0 Å². The van der Waals surface area contributed by atoms with Gasteiger partial charge in [0.15, 0.2) is 0 Å². The number of hydrogen-bond donors (Lipinski definition) is 0. The molecule has 22 heavy (non-hydrogen) atoms. The predicted octanol–water partition coefficient (Wildman–Crippen LogP) is 1.59. The third kappa shape index (κ3) is 2.70. The molecular formula is C16H23N5O. The van der Waals surface area contributed by atoms with E-state index in [2.05, 4.69) is 29.0 Å². The summed E-state index contributed by atoms with van der Waals surface area (Å²) in [7, 11) is 4.23. The summed E-state index contributed by atoms with van der Waals surface area (Å²) in [5.74, 6) is 0.654. The maximum atomic E-state index is 12.9. The van der Waals surface area contributed by atoms with Crippen LogP contribution in [0.5, 0.6) is 0 Å². The van der Waals surface area contributed by atoms with Gasteiger partial charge in [-0.3, -0.25) is 9.20 Å². The summed E-state index contributed by atoms with van der Waals surface area (Å²) in [5, 5.41) is 0. The molecule has 0 saturated carbocycles. The van der Waals surface area contributed by atoms with Crippen molar-refractivity contribution >= 4 is 11.7 Å². The Bertz CT molecular complexity index is 678. The largest absolute Gasteiger partial charge is 0.337 e. The van der Waals surface area contributed by atoms with Crippen LogP contribution in [0.4, 0.5) is 0 Å². The van der Waals surface area contributed by atoms with Gasteiger partial charge in [0.1, 0.15) is 5.69 Å². The standard InChI is InChI=1S/C16H23N5O/c1-12-14(21-10-5-8-17-16(21)18-12)15(22)20-9-4-6-13(7-11-20)19(2)3/h5,8,10,13H,4,6-7,9,11H2,1-3H3. The lowest BCUT2D eigenvalue weighted by atomic mass is 10.1. The van der Waals surface area contributed by atoms with Crippen LogP contribution in [0.2, 0.25) is 0 Å². The highest BCUT2D eigenvalue weighted by Crippen LogP contribution is 2.18. The fourth-order valence-electron chi connectivity index (χ4n) is 3.20. The van der Waals surface area contributed by atoms with Gasteiger partial charge in [-0.25, -0.2) is 9.97 Å². The number of carbonyl (C=O) groups excluding carboxylic acids is 1. The minimum atomic E-state index is 0.0670. The van der Waals surface area contributed by atoms with Gasteiger partial charge < -0.3 is 9.80 Å². The second kappa shape index (κ2) is 6.04. The van der Waals surface area contributed by atoms with Crippen molar-refractivity contribution in [3.8, 4) is 0 Å². The number of imidazole rings is 1. The molecule has 1 saturated heterocycles. The molecule has 6 heteroatoms. The van der Waals surface area contributed by atoms with Crippen LogP contribution in [0.1, 0.15) is 35.4 Å². The van der Waals surface area contributed by atoms with Crippen molar-refractivity contribution in [1.82, 2.24) is 24.2 Å². The van der Waals surface area contributed by atoms with Crippen molar-refractivity contribution in [1.29, 1.82) is 0 Å². The number of aryl methyl sites for hydroxylation is 1. The molecule has 118 valence electrons. The average Bonchev–Trinajstić information content (AvgIpc) is 2.68. The molecule has 1 fully saturated rings. The highest BCUT2D eigenvalue weighted by atomic mass is 16.2. The van der Waals surface area contributed by atoms with Crippen molar-refractivity contribution in [3.63, 3.8) is 0 Å². The van der Waals surface area contributed by atoms with Gasteiger partial charge in [0.25, 0.3) is 5.91 Å². The van der Waals surface area contributed by atoms with E-state index in [0.717, 1.165) is 38.0 Å². The molecule has 1 aliphatic heterocycles. The molecular weight excluding hydrogens is 278 g/mol. The van der Waals surface area contributed by atoms with E-state index in [1.807, 2.05) is 24.1 Å². The highest BCUT2D eigenvalue weighted by Gasteiger charge is 2.26. The number of aromatic nitrogens is 3. The van der Waals surface area contributed by atoms with Crippen LogP contribution >= 0.6 is 0 Å². The summed E-state index contributed by atoms with van der Waals surface area (Å²) in [5.41, 5.74) is 1.39. The maximum absolute atomic E-state index is 12.9. The van der Waals surface area contributed by atoms with Crippen molar-refractivity contribution in [2.75, 3.05) is 27.2 Å². The van der Waals surface area contributed by atoms with Crippen molar-refractivity contribution in [2.24, 2.45) is 0 Å². The molecule has 3 heterocycles. The number of nitrogens with zero attached hydrogens (tertiary/aromatic N) is 5. The van der Waals surface area contributed by atoms with Crippen LogP contribution in [0, 0.1) is 6.92 Å². The Labute approximate surface area is 130 Å². The minimum absolute atomic E-state index is 0.0670. The number of amides is 1. The van der Waals surface area contributed by atoms with Crippen LogP contribution in [0.3, 0.4) is 0 Å². The van der Waals surface area contributed by atoms with Gasteiger partial charge in [-0.05, 0) is 46.3 Å². The summed E-state index contributed by atoms with van der Waals surface area (Å²) in [6.07, 6.45) is 6.76. The summed E-state index contributed by atoms with van der Waals surface area (Å²) in [6, 6.07) is 2.39. The van der Waals surface area contributed by atoms with Crippen molar-refractivity contribution in [2.45, 2.75) is 32.2 Å². The Kier molecular flexibility index (Phi) is 4.11. The Hall–Kier alpha value is -1.95. The third-order valence-electron chi connectivity index (χ3n) is 4.50. The minimum Gasteiger partial charge on any atom is -0.337 e. The quantitative estimate of drug-likeness (QED) is 0.845. The molecule has 0 radical (unpaired) electrons. The molecule has 2 aromatic heterocycles. The second-order valence-electron chi connectivity index (χ2n) is 6.18. The molecule has 6 nitrogen and oxygen atoms in total. The van der Waals surface area contributed by atoms with Gasteiger partial charge >= 0.3 is 0 Å². The van der Waals surface area contributed by atoms with Gasteiger partial charge in [0.05, 0.1) is 5.69 Å². The molecule has 0 aromatic carbocycles. The predicted molar refractivity (Wildman–Crippen MR) is 85.0 cm³/mol. The summed E-state index contributed by atoms with van der Waals surface area (Å²) >= 11 is 0. The normalized spacial score (nSPS) is 19.6. The SMILES string of the molecule is Cc1nc2ncccn2c1C(=O)N1CCCC(N(C)C)CC1. The molecule has 0 N–H and O–H groups in total. The Morgan fingerprint density at radius 2 is 2.14 bits per heavy atom. The first-order valence-electron chi connectivity index (χ1n) is 7.83. The Morgan fingerprint density at radius 1 is 1.32 bits per heavy atom. The molecule has 0 aliphatic carbocycles. The number of hydrogen-bond acceptors (Lipinski definition) is 4. The van der Waals surface area contributed by atoms with Crippen molar-refractivity contribution in [3.05, 3.63) is 29.8 Å². The van der Waals surface area contributed by atoms with Crippen LogP contribution in [-0.2, 0) is 0 Å². The molecule has 0 bridgehead atoms. The second-order valence-corrected chi connectivity index (χ2v) is 6.18. The zero-order valence-electron chi connectivity index (χ0n) is 13.5. The Morgan fingerprint density at radius 3 is 2.91 bits per heavy atom. The fraction of sp³-hybridized carbons (Fsp3) is 0.562. The molecule has 1 amide bonds. The number of carbonyl (C=O) groups is 1. The van der Waals surface area contributed by atoms with E-state index in [9.17, 15) is 4.79 Å². The average molecular weight is 301 g/mol. The van der Waals surface area contributed by atoms with Crippen LogP contribution in [0.25, 0.3) is 5.78 Å². The van der Waals surface area contributed by atoms with E-state index < -0.39 is 0 Å². The zero-order chi connectivity index (χ0) is 15.7. The van der Waals surface area contributed by atoms with E-state index >= 15 is 0 Å². The Balaban J connectivity index is 1.85. The molecule has 3 rings (SSSR count). The lowest BCUT2D eigenvalue weighted by molar-refractivity contribution is 0.0751. The number of likely N-dealkylation sites (tertiary alicyclic amines) is 1. The van der Waals surface area contributed by atoms with E-state index in [4.69, 9.17) is 0 Å². The van der Waals surface area contributed by atoms with Gasteiger partial charge in [0.2, 0.25) is 5.78 Å². The smallest absolute Gasteiger partial charge is 0.272 e. The summed E-state index contributed by atoms with van der Waals surface area (Å²) < 4.78 is 1.80. The van der Waals surface area contributed by atoms with Crippen molar-refractivity contribution < 1.29 is 4.79 Å². The topological polar surface area (TPSA) is 53.7 Å². The van der Waals surface area contributed by atoms with E-state index in [-0.39, 0.29) is 5.91 Å². The summed E-state index contributed by atoms with van der Waals surface area (Å²) in [4.78, 5) is 25.8. The van der Waals surface area contributed by atoms with Crippen LogP contribution < -0.4 is 0 Å². The molecule has 0 spiro atoms. The van der Waals surface area contributed by atoms with E-state index in [1.54, 1.807) is 10.6 Å². The van der Waals surface area contributed by atoms with E-state index in [0.29, 0.717) is 17.5 Å². The number of fused-ring (bicyclic) bond motifs is 1. The van der Waals surface area contributed by atoms with E-state index in [1.165, 1.54) is 0 Å². The zero-order valence-corrected chi connectivity index (χ0v) is 13.5. The first kappa shape index (κ1) is 15.0.